The zero-order valence-electron chi connectivity index (χ0n) is 9.91. The van der Waals surface area contributed by atoms with Gasteiger partial charge in [-0.3, -0.25) is 0 Å². The Balaban J connectivity index is 2.11. The molecule has 0 aliphatic rings. The summed E-state index contributed by atoms with van der Waals surface area (Å²) in [5.74, 6) is 0.357. The second-order valence-electron chi connectivity index (χ2n) is 4.07. The lowest BCUT2D eigenvalue weighted by atomic mass is 10.2. The Morgan fingerprint density at radius 2 is 2.00 bits per heavy atom. The van der Waals surface area contributed by atoms with Crippen molar-refractivity contribution >= 4 is 29.1 Å². The van der Waals surface area contributed by atoms with Crippen molar-refractivity contribution in [3.8, 4) is 0 Å². The first-order chi connectivity index (χ1) is 8.56. The van der Waals surface area contributed by atoms with Crippen LogP contribution in [0.2, 0.25) is 5.02 Å². The molecule has 0 aliphatic carbocycles. The minimum Gasteiger partial charge on any atom is -0.398 e. The first-order valence-electron chi connectivity index (χ1n) is 5.49. The number of aryl methyl sites for hydroxylation is 1. The average molecular weight is 282 g/mol. The molecule has 2 aromatic rings. The molecule has 0 saturated carbocycles. The molecule has 0 fully saturated rings. The van der Waals surface area contributed by atoms with Gasteiger partial charge in [0.1, 0.15) is 5.82 Å². The Hall–Kier alpha value is -1.19. The van der Waals surface area contributed by atoms with E-state index in [1.54, 1.807) is 17.8 Å². The molecular weight excluding hydrogens is 269 g/mol. The van der Waals surface area contributed by atoms with Crippen LogP contribution >= 0.6 is 23.4 Å². The van der Waals surface area contributed by atoms with Crippen molar-refractivity contribution in [3.05, 3.63) is 58.4 Å². The molecule has 0 unspecified atom stereocenters. The van der Waals surface area contributed by atoms with Crippen molar-refractivity contribution < 1.29 is 4.39 Å². The van der Waals surface area contributed by atoms with Crippen molar-refractivity contribution in [2.45, 2.75) is 17.6 Å². The molecule has 0 aliphatic heterocycles. The number of anilines is 1. The molecule has 18 heavy (non-hydrogen) atoms. The molecule has 0 saturated heterocycles. The zero-order valence-corrected chi connectivity index (χ0v) is 11.5. The number of hydrogen-bond acceptors (Lipinski definition) is 2. The summed E-state index contributed by atoms with van der Waals surface area (Å²) in [4.78, 5) is 1.01. The number of thioether (sulfide) groups is 1. The highest BCUT2D eigenvalue weighted by atomic mass is 35.5. The van der Waals surface area contributed by atoms with Crippen molar-refractivity contribution in [2.24, 2.45) is 0 Å². The Morgan fingerprint density at radius 1 is 1.22 bits per heavy atom. The maximum absolute atomic E-state index is 12.9. The summed E-state index contributed by atoms with van der Waals surface area (Å²) in [6.07, 6.45) is 0. The van der Waals surface area contributed by atoms with Gasteiger partial charge >= 0.3 is 0 Å². The summed E-state index contributed by atoms with van der Waals surface area (Å²) >= 11 is 7.57. The van der Waals surface area contributed by atoms with Gasteiger partial charge in [0.2, 0.25) is 0 Å². The van der Waals surface area contributed by atoms with E-state index in [2.05, 4.69) is 0 Å². The number of nitrogen functional groups attached to an aromatic ring is 1. The van der Waals surface area contributed by atoms with Crippen LogP contribution in [0, 0.1) is 12.7 Å². The van der Waals surface area contributed by atoms with Crippen LogP contribution in [-0.2, 0) is 5.75 Å². The maximum atomic E-state index is 12.9. The van der Waals surface area contributed by atoms with E-state index in [1.165, 1.54) is 12.1 Å². The molecule has 0 spiro atoms. The van der Waals surface area contributed by atoms with Crippen molar-refractivity contribution in [3.63, 3.8) is 0 Å². The van der Waals surface area contributed by atoms with Crippen LogP contribution in [0.15, 0.2) is 41.3 Å². The Kier molecular flexibility index (Phi) is 4.15. The standard InChI is InChI=1S/C14H13ClFNS/c1-9-2-5-14(13(17)6-9)18-8-10-3-4-11(16)7-12(10)15/h2-7H,8,17H2,1H3. The Labute approximate surface area is 115 Å². The molecule has 1 nitrogen and oxygen atoms in total. The predicted octanol–water partition coefficient (Wildman–Crippen LogP) is 4.66. The van der Waals surface area contributed by atoms with Gasteiger partial charge in [0.05, 0.1) is 0 Å². The molecule has 0 aromatic heterocycles. The van der Waals surface area contributed by atoms with Crippen molar-refractivity contribution in [2.75, 3.05) is 5.73 Å². The highest BCUT2D eigenvalue weighted by Crippen LogP contribution is 2.31. The van der Waals surface area contributed by atoms with Crippen molar-refractivity contribution in [1.82, 2.24) is 0 Å². The summed E-state index contributed by atoms with van der Waals surface area (Å²) in [5, 5.41) is 0.452. The summed E-state index contributed by atoms with van der Waals surface area (Å²) in [6, 6.07) is 10.4. The van der Waals surface area contributed by atoms with Gasteiger partial charge in [-0.05, 0) is 42.3 Å². The van der Waals surface area contributed by atoms with Gasteiger partial charge in [0.25, 0.3) is 0 Å². The summed E-state index contributed by atoms with van der Waals surface area (Å²) in [7, 11) is 0. The molecule has 0 atom stereocenters. The van der Waals surface area contributed by atoms with E-state index >= 15 is 0 Å². The average Bonchev–Trinajstić information content (AvgIpc) is 2.30. The van der Waals surface area contributed by atoms with Crippen LogP contribution in [0.25, 0.3) is 0 Å². The lowest BCUT2D eigenvalue weighted by Crippen LogP contribution is -1.90. The van der Waals surface area contributed by atoms with Gasteiger partial charge in [-0.15, -0.1) is 11.8 Å². The lowest BCUT2D eigenvalue weighted by Gasteiger charge is -2.07. The fraction of sp³-hybridized carbons (Fsp3) is 0.143. The van der Waals surface area contributed by atoms with Gasteiger partial charge in [-0.25, -0.2) is 4.39 Å². The van der Waals surface area contributed by atoms with E-state index in [-0.39, 0.29) is 5.82 Å². The molecule has 2 rings (SSSR count). The van der Waals surface area contributed by atoms with Crippen LogP contribution < -0.4 is 5.73 Å². The molecule has 2 aromatic carbocycles. The number of benzene rings is 2. The van der Waals surface area contributed by atoms with Crippen LogP contribution in [-0.4, -0.2) is 0 Å². The first-order valence-corrected chi connectivity index (χ1v) is 6.85. The highest BCUT2D eigenvalue weighted by molar-refractivity contribution is 7.98. The monoisotopic (exact) mass is 281 g/mol. The van der Waals surface area contributed by atoms with E-state index < -0.39 is 0 Å². The Morgan fingerprint density at radius 3 is 2.67 bits per heavy atom. The topological polar surface area (TPSA) is 26.0 Å². The molecular formula is C14H13ClFNS. The van der Waals surface area contributed by atoms with Crippen LogP contribution in [0.3, 0.4) is 0 Å². The van der Waals surface area contributed by atoms with Crippen LogP contribution in [0.4, 0.5) is 10.1 Å². The van der Waals surface area contributed by atoms with Gasteiger partial charge in [0, 0.05) is 21.4 Å². The number of nitrogens with two attached hydrogens (primary N) is 1. The number of hydrogen-bond donors (Lipinski definition) is 1. The van der Waals surface area contributed by atoms with Crippen LogP contribution in [0.1, 0.15) is 11.1 Å². The van der Waals surface area contributed by atoms with E-state index in [0.29, 0.717) is 10.8 Å². The fourth-order valence-corrected chi connectivity index (χ4v) is 2.86. The van der Waals surface area contributed by atoms with Gasteiger partial charge in [-0.2, -0.15) is 0 Å². The molecule has 0 amide bonds. The van der Waals surface area contributed by atoms with E-state index in [4.69, 9.17) is 17.3 Å². The van der Waals surface area contributed by atoms with Gasteiger partial charge in [0.15, 0.2) is 0 Å². The number of halogens is 2. The molecule has 0 heterocycles. The third-order valence-corrected chi connectivity index (χ3v) is 4.05. The van der Waals surface area contributed by atoms with Crippen molar-refractivity contribution in [1.29, 1.82) is 0 Å². The number of rotatable bonds is 3. The molecule has 0 bridgehead atoms. The maximum Gasteiger partial charge on any atom is 0.124 e. The normalized spacial score (nSPS) is 10.6. The van der Waals surface area contributed by atoms with E-state index in [9.17, 15) is 4.39 Å². The van der Waals surface area contributed by atoms with Gasteiger partial charge < -0.3 is 5.73 Å². The quantitative estimate of drug-likeness (QED) is 0.654. The highest BCUT2D eigenvalue weighted by Gasteiger charge is 2.05. The van der Waals surface area contributed by atoms with E-state index in [0.717, 1.165) is 21.7 Å². The molecule has 2 N–H and O–H groups in total. The zero-order chi connectivity index (χ0) is 13.1. The summed E-state index contributed by atoms with van der Waals surface area (Å²) in [5.41, 5.74) is 8.74. The molecule has 94 valence electrons. The summed E-state index contributed by atoms with van der Waals surface area (Å²) in [6.45, 7) is 2.00. The second kappa shape index (κ2) is 5.63. The second-order valence-corrected chi connectivity index (χ2v) is 5.49. The largest absolute Gasteiger partial charge is 0.398 e. The SMILES string of the molecule is Cc1ccc(SCc2ccc(F)cc2Cl)c(N)c1. The minimum absolute atomic E-state index is 0.316. The molecule has 0 radical (unpaired) electrons. The smallest absolute Gasteiger partial charge is 0.124 e. The fourth-order valence-electron chi connectivity index (χ4n) is 1.59. The third-order valence-electron chi connectivity index (χ3n) is 2.56. The van der Waals surface area contributed by atoms with Crippen LogP contribution in [0.5, 0.6) is 0 Å². The van der Waals surface area contributed by atoms with Gasteiger partial charge in [-0.1, -0.05) is 23.7 Å². The van der Waals surface area contributed by atoms with E-state index in [1.807, 2.05) is 25.1 Å². The minimum atomic E-state index is -0.316. The first kappa shape index (κ1) is 13.2. The molecule has 4 heteroatoms. The predicted molar refractivity (Wildman–Crippen MR) is 76.6 cm³/mol. The Bertz CT molecular complexity index is 520. The lowest BCUT2D eigenvalue weighted by molar-refractivity contribution is 0.627. The third kappa shape index (κ3) is 3.18. The summed E-state index contributed by atoms with van der Waals surface area (Å²) < 4.78 is 12.9.